The minimum absolute atomic E-state index is 0.320. The molecule has 0 aliphatic rings. The summed E-state index contributed by atoms with van der Waals surface area (Å²) in [4.78, 5) is 12.8. The second-order valence-electron chi connectivity index (χ2n) is 6.15. The van der Waals surface area contributed by atoms with E-state index in [9.17, 15) is 9.90 Å². The van der Waals surface area contributed by atoms with E-state index in [-0.39, 0.29) is 5.91 Å². The molecule has 0 aliphatic heterocycles. The molecule has 0 radical (unpaired) electrons. The average molecular weight is 382 g/mol. The van der Waals surface area contributed by atoms with Crippen LogP contribution in [0.4, 0.5) is 5.69 Å². The highest BCUT2D eigenvalue weighted by molar-refractivity contribution is 6.30. The summed E-state index contributed by atoms with van der Waals surface area (Å²) in [5.41, 5.74) is 3.01. The van der Waals surface area contributed by atoms with Crippen LogP contribution in [0.2, 0.25) is 5.02 Å². The van der Waals surface area contributed by atoms with E-state index in [1.54, 1.807) is 30.3 Å². The Morgan fingerprint density at radius 2 is 1.81 bits per heavy atom. The van der Waals surface area contributed by atoms with Crippen molar-refractivity contribution in [2.45, 2.75) is 13.0 Å². The summed E-state index contributed by atoms with van der Waals surface area (Å²) in [5, 5.41) is 14.1. The summed E-state index contributed by atoms with van der Waals surface area (Å²) < 4.78 is 5.37. The van der Waals surface area contributed by atoms with Gasteiger partial charge in [0.05, 0.1) is 12.7 Å². The van der Waals surface area contributed by atoms with Crippen molar-refractivity contribution < 1.29 is 14.6 Å². The second-order valence-corrected chi connectivity index (χ2v) is 6.59. The molecule has 138 valence electrons. The first-order chi connectivity index (χ1) is 13.0. The number of methoxy groups -OCH3 is 1. The Kier molecular flexibility index (Phi) is 5.79. The number of rotatable bonds is 5. The summed E-state index contributed by atoms with van der Waals surface area (Å²) in [5.74, 6) is 0.202. The molecule has 5 heteroatoms. The van der Waals surface area contributed by atoms with Gasteiger partial charge in [0.2, 0.25) is 0 Å². The number of anilines is 1. The van der Waals surface area contributed by atoms with Crippen LogP contribution in [0.25, 0.3) is 0 Å². The van der Waals surface area contributed by atoms with E-state index in [2.05, 4.69) is 5.32 Å². The topological polar surface area (TPSA) is 58.6 Å². The van der Waals surface area contributed by atoms with Crippen molar-refractivity contribution in [2.24, 2.45) is 0 Å². The van der Waals surface area contributed by atoms with Crippen LogP contribution >= 0.6 is 11.6 Å². The minimum atomic E-state index is -0.917. The van der Waals surface area contributed by atoms with Crippen LogP contribution in [0.15, 0.2) is 66.7 Å². The zero-order chi connectivity index (χ0) is 19.4. The molecule has 0 saturated carbocycles. The lowest BCUT2D eigenvalue weighted by Gasteiger charge is -2.18. The Morgan fingerprint density at radius 3 is 2.52 bits per heavy atom. The smallest absolute Gasteiger partial charge is 0.259 e. The number of carbonyl (C=O) groups is 1. The molecule has 3 rings (SSSR count). The molecule has 0 spiro atoms. The summed E-state index contributed by atoms with van der Waals surface area (Å²) in [6.07, 6.45) is -0.917. The van der Waals surface area contributed by atoms with Crippen molar-refractivity contribution in [2.75, 3.05) is 12.4 Å². The number of benzene rings is 3. The first kappa shape index (κ1) is 19.0. The molecule has 0 saturated heterocycles. The van der Waals surface area contributed by atoms with Gasteiger partial charge in [-0.3, -0.25) is 4.79 Å². The zero-order valence-corrected chi connectivity index (χ0v) is 15.8. The summed E-state index contributed by atoms with van der Waals surface area (Å²) in [6.45, 7) is 1.88. The fraction of sp³-hybridized carbons (Fsp3) is 0.136. The van der Waals surface area contributed by atoms with Crippen molar-refractivity contribution in [1.29, 1.82) is 0 Å². The van der Waals surface area contributed by atoms with Gasteiger partial charge in [-0.05, 0) is 42.3 Å². The van der Waals surface area contributed by atoms with E-state index in [1.807, 2.05) is 43.3 Å². The lowest BCUT2D eigenvalue weighted by molar-refractivity contribution is 0.102. The van der Waals surface area contributed by atoms with Gasteiger partial charge in [-0.1, -0.05) is 54.1 Å². The molecule has 0 fully saturated rings. The molecule has 3 aromatic carbocycles. The van der Waals surface area contributed by atoms with Crippen LogP contribution in [0.3, 0.4) is 0 Å². The van der Waals surface area contributed by atoms with Crippen LogP contribution in [0, 0.1) is 6.92 Å². The van der Waals surface area contributed by atoms with Gasteiger partial charge in [0.15, 0.2) is 0 Å². The molecule has 0 aromatic heterocycles. The van der Waals surface area contributed by atoms with Crippen LogP contribution in [0.1, 0.15) is 33.2 Å². The van der Waals surface area contributed by atoms with Crippen molar-refractivity contribution in [1.82, 2.24) is 0 Å². The molecule has 0 unspecified atom stereocenters. The molecular weight excluding hydrogens is 362 g/mol. The van der Waals surface area contributed by atoms with Gasteiger partial charge in [-0.15, -0.1) is 0 Å². The number of ether oxygens (including phenoxy) is 1. The van der Waals surface area contributed by atoms with Crippen molar-refractivity contribution in [3.05, 3.63) is 94.0 Å². The zero-order valence-electron chi connectivity index (χ0n) is 15.1. The molecule has 0 heterocycles. The monoisotopic (exact) mass is 381 g/mol. The van der Waals surface area contributed by atoms with E-state index in [0.29, 0.717) is 33.1 Å². The number of aryl methyl sites for hydroxylation is 1. The van der Waals surface area contributed by atoms with E-state index < -0.39 is 6.10 Å². The molecular formula is C22H20ClNO3. The molecule has 0 bridgehead atoms. The standard InChI is InChI=1S/C22H20ClNO3/c1-14-7-6-10-17(21(14)27-2)22(26)24-19-12-11-16(23)13-18(19)20(25)15-8-4-3-5-9-15/h3-13,20,25H,1-2H3,(H,24,26)/t20-/m1/s1. The predicted molar refractivity (Wildman–Crippen MR) is 108 cm³/mol. The lowest BCUT2D eigenvalue weighted by atomic mass is 9.99. The maximum Gasteiger partial charge on any atom is 0.259 e. The van der Waals surface area contributed by atoms with Gasteiger partial charge in [-0.2, -0.15) is 0 Å². The quantitative estimate of drug-likeness (QED) is 0.654. The molecule has 3 aromatic rings. The number of hydrogen-bond donors (Lipinski definition) is 2. The van der Waals surface area contributed by atoms with E-state index in [1.165, 1.54) is 7.11 Å². The number of carbonyl (C=O) groups excluding carboxylic acids is 1. The van der Waals surface area contributed by atoms with Crippen LogP contribution in [0.5, 0.6) is 5.75 Å². The van der Waals surface area contributed by atoms with Gasteiger partial charge in [0.1, 0.15) is 11.9 Å². The SMILES string of the molecule is COc1c(C)cccc1C(=O)Nc1ccc(Cl)cc1[C@H](O)c1ccccc1. The number of aliphatic hydroxyl groups is 1. The van der Waals surface area contributed by atoms with E-state index in [0.717, 1.165) is 5.56 Å². The summed E-state index contributed by atoms with van der Waals surface area (Å²) in [7, 11) is 1.53. The molecule has 2 N–H and O–H groups in total. The van der Waals surface area contributed by atoms with Gasteiger partial charge in [0.25, 0.3) is 5.91 Å². The predicted octanol–water partition coefficient (Wildman–Crippen LogP) is 4.99. The van der Waals surface area contributed by atoms with Gasteiger partial charge in [-0.25, -0.2) is 0 Å². The Morgan fingerprint density at radius 1 is 1.07 bits per heavy atom. The van der Waals surface area contributed by atoms with Crippen LogP contribution in [-0.4, -0.2) is 18.1 Å². The molecule has 1 atom stereocenters. The van der Waals surface area contributed by atoms with Gasteiger partial charge < -0.3 is 15.2 Å². The summed E-state index contributed by atoms with van der Waals surface area (Å²) >= 11 is 6.13. The Hall–Kier alpha value is -2.82. The third-order valence-corrected chi connectivity index (χ3v) is 4.57. The van der Waals surface area contributed by atoms with Crippen molar-refractivity contribution >= 4 is 23.2 Å². The van der Waals surface area contributed by atoms with Gasteiger partial charge in [0, 0.05) is 16.3 Å². The highest BCUT2D eigenvalue weighted by Gasteiger charge is 2.19. The van der Waals surface area contributed by atoms with Gasteiger partial charge >= 0.3 is 0 Å². The Bertz CT molecular complexity index is 957. The highest BCUT2D eigenvalue weighted by Crippen LogP contribution is 2.32. The third-order valence-electron chi connectivity index (χ3n) is 4.33. The largest absolute Gasteiger partial charge is 0.496 e. The highest BCUT2D eigenvalue weighted by atomic mass is 35.5. The third kappa shape index (κ3) is 4.13. The lowest BCUT2D eigenvalue weighted by Crippen LogP contribution is -2.16. The normalized spacial score (nSPS) is 11.7. The van der Waals surface area contributed by atoms with E-state index in [4.69, 9.17) is 16.3 Å². The first-order valence-corrected chi connectivity index (χ1v) is 8.86. The fourth-order valence-corrected chi connectivity index (χ4v) is 3.16. The minimum Gasteiger partial charge on any atom is -0.496 e. The van der Waals surface area contributed by atoms with Crippen molar-refractivity contribution in [3.63, 3.8) is 0 Å². The number of hydrogen-bond acceptors (Lipinski definition) is 3. The number of nitrogens with one attached hydrogen (secondary N) is 1. The molecule has 27 heavy (non-hydrogen) atoms. The molecule has 1 amide bonds. The molecule has 0 aliphatic carbocycles. The number of amides is 1. The molecule has 4 nitrogen and oxygen atoms in total. The number of aliphatic hydroxyl groups excluding tert-OH is 1. The Balaban J connectivity index is 1.96. The number of para-hydroxylation sites is 1. The van der Waals surface area contributed by atoms with Crippen LogP contribution < -0.4 is 10.1 Å². The maximum absolute atomic E-state index is 12.8. The average Bonchev–Trinajstić information content (AvgIpc) is 2.69. The van der Waals surface area contributed by atoms with Crippen molar-refractivity contribution in [3.8, 4) is 5.75 Å². The maximum atomic E-state index is 12.8. The van der Waals surface area contributed by atoms with E-state index >= 15 is 0 Å². The number of halogens is 1. The first-order valence-electron chi connectivity index (χ1n) is 8.48. The fourth-order valence-electron chi connectivity index (χ4n) is 2.98. The summed E-state index contributed by atoms with van der Waals surface area (Å²) in [6, 6.07) is 19.6. The second kappa shape index (κ2) is 8.25. The van der Waals surface area contributed by atoms with Crippen LogP contribution in [-0.2, 0) is 0 Å². The Labute approximate surface area is 163 Å².